The van der Waals surface area contributed by atoms with Gasteiger partial charge >= 0.3 is 0 Å². The fraction of sp³-hybridized carbons (Fsp3) is 0.650. The molecule has 1 aromatic heterocycles. The predicted molar refractivity (Wildman–Crippen MR) is 101 cm³/mol. The van der Waals surface area contributed by atoms with Gasteiger partial charge < -0.3 is 10.3 Å². The van der Waals surface area contributed by atoms with Crippen molar-refractivity contribution in [2.24, 2.45) is 11.7 Å². The Hall–Kier alpha value is -1.39. The predicted octanol–water partition coefficient (Wildman–Crippen LogP) is 3.61. The second-order valence-corrected chi connectivity index (χ2v) is 7.50. The second-order valence-electron chi connectivity index (χ2n) is 7.50. The topological polar surface area (TPSA) is 47.1 Å². The summed E-state index contributed by atoms with van der Waals surface area (Å²) in [6, 6.07) is 8.99. The van der Waals surface area contributed by atoms with Crippen LogP contribution in [0.4, 0.5) is 0 Å². The normalized spacial score (nSPS) is 20.8. The highest BCUT2D eigenvalue weighted by Gasteiger charge is 2.33. The Balaban J connectivity index is 1.98. The zero-order valence-electron chi connectivity index (χ0n) is 15.4. The van der Waals surface area contributed by atoms with E-state index in [1.807, 2.05) is 0 Å². The lowest BCUT2D eigenvalue weighted by atomic mass is 9.88. The molecule has 0 spiro atoms. The second kappa shape index (κ2) is 7.66. The lowest BCUT2D eigenvalue weighted by Gasteiger charge is -2.40. The number of rotatable bonds is 6. The van der Waals surface area contributed by atoms with Crippen LogP contribution in [-0.2, 0) is 6.54 Å². The van der Waals surface area contributed by atoms with E-state index in [0.29, 0.717) is 24.4 Å². The summed E-state index contributed by atoms with van der Waals surface area (Å²) in [5.41, 5.74) is 8.63. The summed E-state index contributed by atoms with van der Waals surface area (Å²) in [5, 5.41) is 0. The van der Waals surface area contributed by atoms with Gasteiger partial charge in [0.15, 0.2) is 0 Å². The molecule has 4 nitrogen and oxygen atoms in total. The molecule has 0 radical (unpaired) electrons. The average molecular weight is 329 g/mol. The van der Waals surface area contributed by atoms with E-state index in [-0.39, 0.29) is 0 Å². The van der Waals surface area contributed by atoms with Gasteiger partial charge in [0.05, 0.1) is 11.0 Å². The van der Waals surface area contributed by atoms with E-state index >= 15 is 0 Å². The lowest BCUT2D eigenvalue weighted by Crippen LogP contribution is -2.47. The number of fused-ring (bicyclic) bond motifs is 1. The van der Waals surface area contributed by atoms with Crippen molar-refractivity contribution in [3.05, 3.63) is 30.1 Å². The molecule has 0 bridgehead atoms. The van der Waals surface area contributed by atoms with Crippen molar-refractivity contribution in [2.75, 3.05) is 19.6 Å². The number of aryl methyl sites for hydroxylation is 1. The Kier molecular flexibility index (Phi) is 5.57. The van der Waals surface area contributed by atoms with E-state index in [9.17, 15) is 0 Å². The highest BCUT2D eigenvalue weighted by Crippen LogP contribution is 2.32. The molecule has 3 rings (SSSR count). The molecule has 0 saturated carbocycles. The number of imidazole rings is 1. The van der Waals surface area contributed by atoms with Gasteiger partial charge in [0.25, 0.3) is 0 Å². The maximum absolute atomic E-state index is 6.29. The zero-order valence-corrected chi connectivity index (χ0v) is 15.4. The molecule has 1 aliphatic heterocycles. The number of hydrogen-bond donors (Lipinski definition) is 1. The number of aromatic nitrogens is 2. The molecule has 1 saturated heterocycles. The van der Waals surface area contributed by atoms with Gasteiger partial charge in [0.2, 0.25) is 0 Å². The molecule has 0 amide bonds. The molecule has 2 N–H and O–H groups in total. The van der Waals surface area contributed by atoms with Crippen LogP contribution in [0.15, 0.2) is 24.3 Å². The van der Waals surface area contributed by atoms with Crippen LogP contribution in [0, 0.1) is 5.92 Å². The minimum Gasteiger partial charge on any atom is -0.330 e. The van der Waals surface area contributed by atoms with Crippen LogP contribution in [0.5, 0.6) is 0 Å². The van der Waals surface area contributed by atoms with Crippen LogP contribution in [0.2, 0.25) is 0 Å². The van der Waals surface area contributed by atoms with E-state index in [1.165, 1.54) is 37.1 Å². The van der Waals surface area contributed by atoms with Gasteiger partial charge in [-0.1, -0.05) is 32.4 Å². The van der Waals surface area contributed by atoms with Crippen LogP contribution < -0.4 is 5.73 Å². The van der Waals surface area contributed by atoms with Gasteiger partial charge in [-0.05, 0) is 44.4 Å². The number of nitrogens with two attached hydrogens (primary N) is 1. The molecule has 4 heteroatoms. The molecule has 1 fully saturated rings. The van der Waals surface area contributed by atoms with Crippen LogP contribution in [0.3, 0.4) is 0 Å². The molecule has 2 heterocycles. The molecule has 24 heavy (non-hydrogen) atoms. The zero-order chi connectivity index (χ0) is 17.1. The first-order chi connectivity index (χ1) is 11.7. The smallest absolute Gasteiger partial charge is 0.115 e. The Morgan fingerprint density at radius 2 is 2.04 bits per heavy atom. The van der Waals surface area contributed by atoms with E-state index < -0.39 is 0 Å². The molecule has 0 aliphatic carbocycles. The highest BCUT2D eigenvalue weighted by atomic mass is 15.2. The van der Waals surface area contributed by atoms with E-state index in [0.717, 1.165) is 18.6 Å². The summed E-state index contributed by atoms with van der Waals surface area (Å²) < 4.78 is 2.37. The SMILES string of the molecule is CCn1c(C(CN)C2CCCCN2CC(C)C)nc2ccccc21. The third-order valence-corrected chi connectivity index (χ3v) is 5.31. The summed E-state index contributed by atoms with van der Waals surface area (Å²) in [6.45, 7) is 10.8. The van der Waals surface area contributed by atoms with Crippen LogP contribution >= 0.6 is 0 Å². The molecule has 1 aliphatic rings. The van der Waals surface area contributed by atoms with Gasteiger partial charge in [-0.25, -0.2) is 4.98 Å². The summed E-state index contributed by atoms with van der Waals surface area (Å²) >= 11 is 0. The van der Waals surface area contributed by atoms with E-state index in [4.69, 9.17) is 10.7 Å². The largest absolute Gasteiger partial charge is 0.330 e. The number of likely N-dealkylation sites (tertiary alicyclic amines) is 1. The third kappa shape index (κ3) is 3.35. The summed E-state index contributed by atoms with van der Waals surface area (Å²) in [4.78, 5) is 7.67. The monoisotopic (exact) mass is 328 g/mol. The lowest BCUT2D eigenvalue weighted by molar-refractivity contribution is 0.109. The summed E-state index contributed by atoms with van der Waals surface area (Å²) in [5.74, 6) is 2.19. The molecular formula is C20H32N4. The van der Waals surface area contributed by atoms with Gasteiger partial charge in [-0.3, -0.25) is 4.90 Å². The Labute approximate surface area is 146 Å². The van der Waals surface area contributed by atoms with Gasteiger partial charge in [0, 0.05) is 31.6 Å². The highest BCUT2D eigenvalue weighted by molar-refractivity contribution is 5.76. The molecule has 1 aromatic carbocycles. The molecule has 2 aromatic rings. The van der Waals surface area contributed by atoms with Crippen LogP contribution in [0.1, 0.15) is 51.8 Å². The van der Waals surface area contributed by atoms with E-state index in [1.54, 1.807) is 0 Å². The number of hydrogen-bond acceptors (Lipinski definition) is 3. The standard InChI is InChI=1S/C20H32N4/c1-4-24-19-11-6-5-9-17(19)22-20(24)16(13-21)18-10-7-8-12-23(18)14-15(2)3/h5-6,9,11,15-16,18H,4,7-8,10,12-14,21H2,1-3H3. The Morgan fingerprint density at radius 3 is 2.75 bits per heavy atom. The number of benzene rings is 1. The van der Waals surface area contributed by atoms with Crippen molar-refractivity contribution in [3.8, 4) is 0 Å². The maximum atomic E-state index is 6.29. The fourth-order valence-corrected chi connectivity index (χ4v) is 4.31. The molecule has 132 valence electrons. The Morgan fingerprint density at radius 1 is 1.25 bits per heavy atom. The minimum atomic E-state index is 0.316. The minimum absolute atomic E-state index is 0.316. The average Bonchev–Trinajstić information content (AvgIpc) is 2.95. The van der Waals surface area contributed by atoms with Gasteiger partial charge in [0.1, 0.15) is 5.82 Å². The maximum Gasteiger partial charge on any atom is 0.115 e. The van der Waals surface area contributed by atoms with Crippen molar-refractivity contribution in [3.63, 3.8) is 0 Å². The van der Waals surface area contributed by atoms with Crippen molar-refractivity contribution in [2.45, 2.75) is 58.5 Å². The molecular weight excluding hydrogens is 296 g/mol. The number of nitrogens with zero attached hydrogens (tertiary/aromatic N) is 3. The fourth-order valence-electron chi connectivity index (χ4n) is 4.31. The van der Waals surface area contributed by atoms with Gasteiger partial charge in [-0.15, -0.1) is 0 Å². The summed E-state index contributed by atoms with van der Waals surface area (Å²) in [6.07, 6.45) is 3.86. The number of para-hydroxylation sites is 2. The summed E-state index contributed by atoms with van der Waals surface area (Å²) in [7, 11) is 0. The van der Waals surface area contributed by atoms with Crippen LogP contribution in [-0.4, -0.2) is 40.1 Å². The van der Waals surface area contributed by atoms with Crippen molar-refractivity contribution in [1.29, 1.82) is 0 Å². The first-order valence-corrected chi connectivity index (χ1v) is 9.55. The van der Waals surface area contributed by atoms with Crippen LogP contribution in [0.25, 0.3) is 11.0 Å². The molecule has 2 atom stereocenters. The van der Waals surface area contributed by atoms with Crippen molar-refractivity contribution >= 4 is 11.0 Å². The third-order valence-electron chi connectivity index (χ3n) is 5.31. The first-order valence-electron chi connectivity index (χ1n) is 9.55. The van der Waals surface area contributed by atoms with Gasteiger partial charge in [-0.2, -0.15) is 0 Å². The van der Waals surface area contributed by atoms with E-state index in [2.05, 4.69) is 54.5 Å². The molecule has 2 unspecified atom stereocenters. The number of piperidine rings is 1. The van der Waals surface area contributed by atoms with Crippen molar-refractivity contribution < 1.29 is 0 Å². The Bertz CT molecular complexity index is 661. The first kappa shape index (κ1) is 17.4. The van der Waals surface area contributed by atoms with Crippen molar-refractivity contribution in [1.82, 2.24) is 14.5 Å². The quantitative estimate of drug-likeness (QED) is 0.881.